The smallest absolute Gasteiger partial charge is 0.0304 e. The second kappa shape index (κ2) is 5.09. The molecule has 0 unspecified atom stereocenters. The van der Waals surface area contributed by atoms with Gasteiger partial charge in [-0.25, -0.2) is 0 Å². The van der Waals surface area contributed by atoms with Gasteiger partial charge >= 0.3 is 0 Å². The van der Waals surface area contributed by atoms with Crippen LogP contribution in [0.5, 0.6) is 0 Å². The van der Waals surface area contributed by atoms with Crippen molar-refractivity contribution in [3.05, 3.63) is 23.9 Å². The van der Waals surface area contributed by atoms with Crippen molar-refractivity contribution in [2.24, 2.45) is 5.10 Å². The topological polar surface area (TPSA) is 24.4 Å². The van der Waals surface area contributed by atoms with E-state index in [0.717, 1.165) is 5.70 Å². The van der Waals surface area contributed by atoms with E-state index in [4.69, 9.17) is 0 Å². The number of allylic oxidation sites excluding steroid dienone is 4. The van der Waals surface area contributed by atoms with Crippen LogP contribution in [0.25, 0.3) is 0 Å². The molecule has 0 aliphatic carbocycles. The zero-order valence-corrected chi connectivity index (χ0v) is 5.89. The van der Waals surface area contributed by atoms with E-state index in [0.29, 0.717) is 0 Å². The molecule has 0 bridgehead atoms. The van der Waals surface area contributed by atoms with Gasteiger partial charge in [-0.05, 0) is 19.9 Å². The quantitative estimate of drug-likeness (QED) is 0.345. The molecule has 9 heavy (non-hydrogen) atoms. The maximum atomic E-state index is 3.49. The summed E-state index contributed by atoms with van der Waals surface area (Å²) in [5.74, 6) is 0. The first kappa shape index (κ1) is 7.95. The van der Waals surface area contributed by atoms with Crippen LogP contribution >= 0.6 is 0 Å². The Morgan fingerprint density at radius 3 is 2.78 bits per heavy atom. The highest BCUT2D eigenvalue weighted by Crippen LogP contribution is 1.85. The minimum atomic E-state index is 0.989. The van der Waals surface area contributed by atoms with Gasteiger partial charge in [-0.2, -0.15) is 5.10 Å². The minimum Gasteiger partial charge on any atom is -0.284 e. The van der Waals surface area contributed by atoms with Crippen molar-refractivity contribution in [3.8, 4) is 0 Å². The summed E-state index contributed by atoms with van der Waals surface area (Å²) in [6.45, 7) is 7.17. The average molecular weight is 124 g/mol. The van der Waals surface area contributed by atoms with Gasteiger partial charge in [-0.1, -0.05) is 12.2 Å². The summed E-state index contributed by atoms with van der Waals surface area (Å²) in [7, 11) is 0. The lowest BCUT2D eigenvalue weighted by Gasteiger charge is -1.93. The molecule has 0 aliphatic rings. The van der Waals surface area contributed by atoms with Crippen LogP contribution in [-0.4, -0.2) is 6.72 Å². The van der Waals surface area contributed by atoms with Crippen LogP contribution < -0.4 is 5.43 Å². The minimum absolute atomic E-state index is 0.989. The van der Waals surface area contributed by atoms with E-state index < -0.39 is 0 Å². The summed E-state index contributed by atoms with van der Waals surface area (Å²) >= 11 is 0. The first-order valence-electron chi connectivity index (χ1n) is 2.82. The first-order valence-corrected chi connectivity index (χ1v) is 2.82. The molecule has 0 atom stereocenters. The van der Waals surface area contributed by atoms with Crippen molar-refractivity contribution in [2.75, 3.05) is 0 Å². The van der Waals surface area contributed by atoms with E-state index in [1.807, 2.05) is 32.1 Å². The van der Waals surface area contributed by atoms with Crippen molar-refractivity contribution in [1.29, 1.82) is 0 Å². The van der Waals surface area contributed by atoms with Crippen LogP contribution in [0.1, 0.15) is 13.8 Å². The fourth-order valence-electron chi connectivity index (χ4n) is 0.403. The Kier molecular flexibility index (Phi) is 4.50. The normalized spacial score (nSPS) is 12.0. The van der Waals surface area contributed by atoms with Gasteiger partial charge in [0, 0.05) is 12.4 Å². The van der Waals surface area contributed by atoms with Gasteiger partial charge in [-0.3, -0.25) is 5.43 Å². The zero-order chi connectivity index (χ0) is 7.11. The Labute approximate surface area is 56.0 Å². The fraction of sp³-hybridized carbons (Fsp3) is 0.286. The third-order valence-corrected chi connectivity index (χ3v) is 0.794. The van der Waals surface area contributed by atoms with Crippen LogP contribution in [0.4, 0.5) is 0 Å². The number of hydrogen-bond donors (Lipinski definition) is 1. The third kappa shape index (κ3) is 4.81. The van der Waals surface area contributed by atoms with Gasteiger partial charge in [0.15, 0.2) is 0 Å². The van der Waals surface area contributed by atoms with E-state index in [9.17, 15) is 0 Å². The highest BCUT2D eigenvalue weighted by molar-refractivity contribution is 5.23. The van der Waals surface area contributed by atoms with Crippen molar-refractivity contribution >= 4 is 6.72 Å². The lowest BCUT2D eigenvalue weighted by Crippen LogP contribution is -1.98. The van der Waals surface area contributed by atoms with Crippen molar-refractivity contribution in [1.82, 2.24) is 5.43 Å². The molecule has 0 radical (unpaired) electrons. The lowest BCUT2D eigenvalue weighted by atomic mass is 10.4. The Balaban J connectivity index is 3.68. The number of nitrogens with one attached hydrogen (secondary N) is 1. The zero-order valence-electron chi connectivity index (χ0n) is 5.89. The molecular weight excluding hydrogens is 112 g/mol. The molecule has 0 spiro atoms. The summed E-state index contributed by atoms with van der Waals surface area (Å²) in [6, 6.07) is 0. The summed E-state index contributed by atoms with van der Waals surface area (Å²) in [6.07, 6.45) is 5.82. The summed E-state index contributed by atoms with van der Waals surface area (Å²) < 4.78 is 0. The predicted octanol–water partition coefficient (Wildman–Crippen LogP) is 1.67. The van der Waals surface area contributed by atoms with Crippen LogP contribution in [0, 0.1) is 0 Å². The van der Waals surface area contributed by atoms with Gasteiger partial charge in [0.25, 0.3) is 0 Å². The molecule has 2 nitrogen and oxygen atoms in total. The fourth-order valence-corrected chi connectivity index (χ4v) is 0.403. The molecule has 0 aromatic heterocycles. The summed E-state index contributed by atoms with van der Waals surface area (Å²) in [4.78, 5) is 0. The maximum Gasteiger partial charge on any atom is 0.0304 e. The van der Waals surface area contributed by atoms with Gasteiger partial charge in [-0.15, -0.1) is 0 Å². The van der Waals surface area contributed by atoms with E-state index in [1.165, 1.54) is 0 Å². The predicted molar refractivity (Wildman–Crippen MR) is 41.3 cm³/mol. The first-order chi connectivity index (χ1) is 4.31. The maximum absolute atomic E-state index is 3.49. The second-order valence-electron chi connectivity index (χ2n) is 1.65. The SMILES string of the molecule is C=NN/C(C)=C\C=C/C. The van der Waals surface area contributed by atoms with Crippen LogP contribution in [-0.2, 0) is 0 Å². The number of nitrogens with zero attached hydrogens (tertiary/aromatic N) is 1. The van der Waals surface area contributed by atoms with E-state index in [2.05, 4.69) is 17.2 Å². The molecule has 2 heteroatoms. The standard InChI is InChI=1S/C7H12N2/c1-4-5-6-7(2)9-8-3/h4-6,9H,3H2,1-2H3/b5-4-,7-6-. The Morgan fingerprint density at radius 2 is 2.33 bits per heavy atom. The molecule has 0 fully saturated rings. The number of hydrogen-bond acceptors (Lipinski definition) is 2. The van der Waals surface area contributed by atoms with Gasteiger partial charge in [0.05, 0.1) is 0 Å². The van der Waals surface area contributed by atoms with Crippen molar-refractivity contribution in [2.45, 2.75) is 13.8 Å². The average Bonchev–Trinajstić information content (AvgIpc) is 1.85. The van der Waals surface area contributed by atoms with E-state index >= 15 is 0 Å². The van der Waals surface area contributed by atoms with Gasteiger partial charge < -0.3 is 0 Å². The van der Waals surface area contributed by atoms with Gasteiger partial charge in [0.2, 0.25) is 0 Å². The largest absolute Gasteiger partial charge is 0.284 e. The van der Waals surface area contributed by atoms with Crippen LogP contribution in [0.15, 0.2) is 29.0 Å². The highest BCUT2D eigenvalue weighted by Gasteiger charge is 1.76. The van der Waals surface area contributed by atoms with Crippen LogP contribution in [0.2, 0.25) is 0 Å². The Morgan fingerprint density at radius 1 is 1.67 bits per heavy atom. The number of rotatable bonds is 3. The Bertz CT molecular complexity index is 134. The van der Waals surface area contributed by atoms with E-state index in [-0.39, 0.29) is 0 Å². The molecular formula is C7H12N2. The van der Waals surface area contributed by atoms with Crippen LogP contribution in [0.3, 0.4) is 0 Å². The third-order valence-electron chi connectivity index (χ3n) is 0.794. The molecule has 0 saturated heterocycles. The highest BCUT2D eigenvalue weighted by atomic mass is 15.3. The molecule has 0 heterocycles. The molecule has 0 aliphatic heterocycles. The van der Waals surface area contributed by atoms with Gasteiger partial charge in [0.1, 0.15) is 0 Å². The van der Waals surface area contributed by atoms with Crippen molar-refractivity contribution in [3.63, 3.8) is 0 Å². The monoisotopic (exact) mass is 124 g/mol. The lowest BCUT2D eigenvalue weighted by molar-refractivity contribution is 0.898. The molecule has 0 aromatic carbocycles. The summed E-state index contributed by atoms with van der Waals surface area (Å²) in [5.41, 5.74) is 3.69. The summed E-state index contributed by atoms with van der Waals surface area (Å²) in [5, 5.41) is 3.49. The molecule has 0 aromatic rings. The van der Waals surface area contributed by atoms with Crippen molar-refractivity contribution < 1.29 is 0 Å². The Hall–Kier alpha value is -1.05. The molecule has 1 N–H and O–H groups in total. The molecule has 50 valence electrons. The second-order valence-corrected chi connectivity index (χ2v) is 1.65. The molecule has 0 rings (SSSR count). The molecule has 0 amide bonds. The number of hydrazone groups is 1. The van der Waals surface area contributed by atoms with E-state index in [1.54, 1.807) is 0 Å². The molecule has 0 saturated carbocycles.